The van der Waals surface area contributed by atoms with Gasteiger partial charge in [-0.2, -0.15) is 0 Å². The van der Waals surface area contributed by atoms with Crippen molar-refractivity contribution in [2.24, 2.45) is 0 Å². The highest BCUT2D eigenvalue weighted by atomic mass is 16.6. The Balaban J connectivity index is 1.50. The largest absolute Gasteiger partial charge is 0.445 e. The Morgan fingerprint density at radius 1 is 0.735 bits per heavy atom. The first-order valence-electron chi connectivity index (χ1n) is 11.6. The highest BCUT2D eigenvalue weighted by Crippen LogP contribution is 2.32. The maximum Gasteiger partial charge on any atom is 0.410 e. The molecule has 4 atom stereocenters. The molecule has 1 N–H and O–H groups in total. The number of carbonyl (C=O) groups excluding carboxylic acids is 1. The maximum atomic E-state index is 13.1. The third-order valence-electron chi connectivity index (χ3n) is 6.15. The number of aliphatic hydroxyl groups excluding tert-OH is 1. The Labute approximate surface area is 200 Å². The van der Waals surface area contributed by atoms with E-state index in [0.29, 0.717) is 13.2 Å². The number of aliphatic hydroxyl groups is 1. The summed E-state index contributed by atoms with van der Waals surface area (Å²) >= 11 is 0. The zero-order valence-corrected chi connectivity index (χ0v) is 19.3. The average Bonchev–Trinajstić information content (AvgIpc) is 3.16. The number of ether oxygens (including phenoxy) is 3. The van der Waals surface area contributed by atoms with Gasteiger partial charge >= 0.3 is 6.09 Å². The van der Waals surface area contributed by atoms with Gasteiger partial charge in [0, 0.05) is 0 Å². The van der Waals surface area contributed by atoms with E-state index in [0.717, 1.165) is 16.7 Å². The standard InChI is InChI=1S/C28H31NO5/c1-21-26(32-18-22-11-5-2-6-12-22)27(33-19-23-13-7-3-8-14-23)25(17-30)29(21)28(31)34-20-24-15-9-4-10-16-24/h2-16,21,25-27,30H,17-20H2,1H3/t21-,25+,26+,27+/m0/s1. The summed E-state index contributed by atoms with van der Waals surface area (Å²) in [5.41, 5.74) is 2.94. The molecule has 0 aromatic heterocycles. The molecule has 0 aliphatic carbocycles. The minimum atomic E-state index is -0.581. The molecule has 0 spiro atoms. The van der Waals surface area contributed by atoms with Gasteiger partial charge in [0.25, 0.3) is 0 Å². The summed E-state index contributed by atoms with van der Waals surface area (Å²) in [5, 5.41) is 10.3. The number of hydrogen-bond acceptors (Lipinski definition) is 5. The SMILES string of the molecule is C[C@H]1[C@@H](OCc2ccccc2)[C@H](OCc2ccccc2)[C@@H](CO)N1C(=O)OCc1ccccc1. The highest BCUT2D eigenvalue weighted by Gasteiger charge is 2.51. The molecule has 0 bridgehead atoms. The molecule has 6 heteroatoms. The first-order chi connectivity index (χ1) is 16.7. The first-order valence-corrected chi connectivity index (χ1v) is 11.6. The van der Waals surface area contributed by atoms with E-state index in [1.165, 1.54) is 0 Å². The Kier molecular flexibility index (Phi) is 8.31. The van der Waals surface area contributed by atoms with E-state index in [9.17, 15) is 9.90 Å². The van der Waals surface area contributed by atoms with Gasteiger partial charge < -0.3 is 19.3 Å². The summed E-state index contributed by atoms with van der Waals surface area (Å²) in [5.74, 6) is 0. The predicted octanol–water partition coefficient (Wildman–Crippen LogP) is 4.56. The van der Waals surface area contributed by atoms with Crippen molar-refractivity contribution in [3.05, 3.63) is 108 Å². The number of likely N-dealkylation sites (tertiary alicyclic amines) is 1. The minimum absolute atomic E-state index is 0.159. The van der Waals surface area contributed by atoms with Gasteiger partial charge in [0.2, 0.25) is 0 Å². The summed E-state index contributed by atoms with van der Waals surface area (Å²) in [7, 11) is 0. The lowest BCUT2D eigenvalue weighted by atomic mass is 10.1. The van der Waals surface area contributed by atoms with Crippen LogP contribution < -0.4 is 0 Å². The van der Waals surface area contributed by atoms with Crippen LogP contribution in [0.2, 0.25) is 0 Å². The first kappa shape index (κ1) is 24.0. The summed E-state index contributed by atoms with van der Waals surface area (Å²) in [6, 6.07) is 28.3. The van der Waals surface area contributed by atoms with Crippen molar-refractivity contribution in [2.75, 3.05) is 6.61 Å². The van der Waals surface area contributed by atoms with Crippen LogP contribution in [0.4, 0.5) is 4.79 Å². The second-order valence-corrected chi connectivity index (χ2v) is 8.46. The van der Waals surface area contributed by atoms with Crippen LogP contribution in [0.15, 0.2) is 91.0 Å². The van der Waals surface area contributed by atoms with Crippen molar-refractivity contribution in [1.82, 2.24) is 4.90 Å². The molecular weight excluding hydrogens is 430 g/mol. The van der Waals surface area contributed by atoms with E-state index in [2.05, 4.69) is 0 Å². The van der Waals surface area contributed by atoms with E-state index >= 15 is 0 Å². The van der Waals surface area contributed by atoms with Crippen LogP contribution in [-0.4, -0.2) is 47.0 Å². The lowest BCUT2D eigenvalue weighted by Crippen LogP contribution is -2.45. The van der Waals surface area contributed by atoms with Gasteiger partial charge in [0.1, 0.15) is 18.8 Å². The van der Waals surface area contributed by atoms with Crippen LogP contribution in [0.1, 0.15) is 23.6 Å². The van der Waals surface area contributed by atoms with E-state index < -0.39 is 24.3 Å². The van der Waals surface area contributed by atoms with Crippen LogP contribution >= 0.6 is 0 Å². The number of nitrogens with zero attached hydrogens (tertiary/aromatic N) is 1. The molecule has 4 rings (SSSR count). The fourth-order valence-electron chi connectivity index (χ4n) is 4.37. The third kappa shape index (κ3) is 5.83. The van der Waals surface area contributed by atoms with Gasteiger partial charge in [-0.25, -0.2) is 4.79 Å². The van der Waals surface area contributed by atoms with Crippen molar-refractivity contribution < 1.29 is 24.1 Å². The molecule has 1 saturated heterocycles. The summed E-state index contributed by atoms with van der Waals surface area (Å²) in [4.78, 5) is 14.7. The Bertz CT molecular complexity index is 1010. The van der Waals surface area contributed by atoms with Gasteiger partial charge in [-0.1, -0.05) is 91.0 Å². The second kappa shape index (κ2) is 11.8. The van der Waals surface area contributed by atoms with E-state index in [4.69, 9.17) is 14.2 Å². The summed E-state index contributed by atoms with van der Waals surface area (Å²) in [6.07, 6.45) is -1.42. The van der Waals surface area contributed by atoms with E-state index in [1.54, 1.807) is 4.90 Å². The average molecular weight is 462 g/mol. The normalized spacial score (nSPS) is 22.0. The second-order valence-electron chi connectivity index (χ2n) is 8.46. The van der Waals surface area contributed by atoms with Crippen LogP contribution in [0, 0.1) is 0 Å². The molecule has 3 aromatic rings. The van der Waals surface area contributed by atoms with Crippen LogP contribution in [0.3, 0.4) is 0 Å². The number of rotatable bonds is 9. The van der Waals surface area contributed by atoms with Gasteiger partial charge in [0.05, 0.1) is 31.9 Å². The molecule has 0 unspecified atom stereocenters. The molecule has 1 amide bonds. The molecule has 0 saturated carbocycles. The third-order valence-corrected chi connectivity index (χ3v) is 6.15. The lowest BCUT2D eigenvalue weighted by Gasteiger charge is -2.27. The molecule has 178 valence electrons. The van der Waals surface area contributed by atoms with Crippen molar-refractivity contribution in [3.63, 3.8) is 0 Å². The van der Waals surface area contributed by atoms with Crippen molar-refractivity contribution in [1.29, 1.82) is 0 Å². The van der Waals surface area contributed by atoms with Crippen molar-refractivity contribution >= 4 is 6.09 Å². The maximum absolute atomic E-state index is 13.1. The number of benzene rings is 3. The van der Waals surface area contributed by atoms with Crippen molar-refractivity contribution in [3.8, 4) is 0 Å². The fraction of sp³-hybridized carbons (Fsp3) is 0.321. The van der Waals surface area contributed by atoms with Crippen LogP contribution in [-0.2, 0) is 34.0 Å². The predicted molar refractivity (Wildman–Crippen MR) is 129 cm³/mol. The molecule has 6 nitrogen and oxygen atoms in total. The molecule has 1 aliphatic heterocycles. The molecule has 1 fully saturated rings. The Hall–Kier alpha value is -3.19. The Morgan fingerprint density at radius 3 is 1.65 bits per heavy atom. The van der Waals surface area contributed by atoms with Gasteiger partial charge in [-0.15, -0.1) is 0 Å². The zero-order valence-electron chi connectivity index (χ0n) is 19.3. The Morgan fingerprint density at radius 2 is 1.18 bits per heavy atom. The zero-order chi connectivity index (χ0) is 23.8. The van der Waals surface area contributed by atoms with Crippen molar-refractivity contribution in [2.45, 2.75) is 51.0 Å². The van der Waals surface area contributed by atoms with E-state index in [1.807, 2.05) is 97.9 Å². The molecule has 34 heavy (non-hydrogen) atoms. The van der Waals surface area contributed by atoms with Gasteiger partial charge in [-0.05, 0) is 23.6 Å². The number of amides is 1. The number of carbonyl (C=O) groups is 1. The number of hydrogen-bond donors (Lipinski definition) is 1. The molecule has 0 radical (unpaired) electrons. The van der Waals surface area contributed by atoms with Gasteiger partial charge in [0.15, 0.2) is 0 Å². The topological polar surface area (TPSA) is 68.2 Å². The molecular formula is C28H31NO5. The smallest absolute Gasteiger partial charge is 0.410 e. The molecule has 1 aliphatic rings. The van der Waals surface area contributed by atoms with Gasteiger partial charge in [-0.3, -0.25) is 4.90 Å². The van der Waals surface area contributed by atoms with Crippen LogP contribution in [0.5, 0.6) is 0 Å². The quantitative estimate of drug-likeness (QED) is 0.506. The lowest BCUT2D eigenvalue weighted by molar-refractivity contribution is -0.0813. The van der Waals surface area contributed by atoms with E-state index in [-0.39, 0.29) is 19.3 Å². The fourth-order valence-corrected chi connectivity index (χ4v) is 4.37. The van der Waals surface area contributed by atoms with Crippen LogP contribution in [0.25, 0.3) is 0 Å². The molecule has 1 heterocycles. The highest BCUT2D eigenvalue weighted by molar-refractivity contribution is 5.69. The monoisotopic (exact) mass is 461 g/mol. The minimum Gasteiger partial charge on any atom is -0.445 e. The summed E-state index contributed by atoms with van der Waals surface area (Å²) in [6.45, 7) is 2.55. The molecule has 3 aromatic carbocycles. The summed E-state index contributed by atoms with van der Waals surface area (Å²) < 4.78 is 18.2.